The van der Waals surface area contributed by atoms with Crippen LogP contribution in [0.25, 0.3) is 0 Å². The molecule has 0 aromatic carbocycles. The zero-order valence-electron chi connectivity index (χ0n) is 17.2. The highest BCUT2D eigenvalue weighted by molar-refractivity contribution is 7.91. The molecule has 0 radical (unpaired) electrons. The van der Waals surface area contributed by atoms with Crippen molar-refractivity contribution in [2.45, 2.75) is 69.4 Å². The highest BCUT2D eigenvalue weighted by Crippen LogP contribution is 2.36. The Morgan fingerprint density at radius 3 is 2.36 bits per heavy atom. The second kappa shape index (κ2) is 7.99. The minimum Gasteiger partial charge on any atom is -0.399 e. The van der Waals surface area contributed by atoms with Crippen LogP contribution in [0.3, 0.4) is 0 Å². The molecule has 156 valence electrons. The lowest BCUT2D eigenvalue weighted by atomic mass is 9.81. The molecular formula is C18H31BN4O4S. The van der Waals surface area contributed by atoms with Crippen LogP contribution in [0, 0.1) is 0 Å². The Bertz CT molecular complexity index is 767. The summed E-state index contributed by atoms with van der Waals surface area (Å²) >= 11 is 0. The monoisotopic (exact) mass is 410 g/mol. The first-order valence-electron chi connectivity index (χ1n) is 9.90. The lowest BCUT2D eigenvalue weighted by Crippen LogP contribution is -2.46. The van der Waals surface area contributed by atoms with Gasteiger partial charge in [-0.3, -0.25) is 4.90 Å². The zero-order valence-corrected chi connectivity index (χ0v) is 18.0. The highest BCUT2D eigenvalue weighted by atomic mass is 32.2. The number of likely N-dealkylation sites (tertiary alicyclic amines) is 1. The van der Waals surface area contributed by atoms with Gasteiger partial charge in [-0.05, 0) is 47.1 Å². The second-order valence-electron chi connectivity index (χ2n) is 8.64. The summed E-state index contributed by atoms with van der Waals surface area (Å²) in [4.78, 5) is 10.4. The predicted octanol–water partition coefficient (Wildman–Crippen LogP) is 0.363. The quantitative estimate of drug-likeness (QED) is 0.529. The maximum atomic E-state index is 12.8. The van der Waals surface area contributed by atoms with Crippen molar-refractivity contribution in [1.82, 2.24) is 14.9 Å². The van der Waals surface area contributed by atoms with E-state index in [4.69, 9.17) is 15.0 Å². The van der Waals surface area contributed by atoms with E-state index in [9.17, 15) is 8.42 Å². The van der Waals surface area contributed by atoms with E-state index in [1.54, 1.807) is 0 Å². The van der Waals surface area contributed by atoms with Crippen molar-refractivity contribution < 1.29 is 17.7 Å². The molecule has 0 amide bonds. The average Bonchev–Trinajstić information content (AvgIpc) is 2.84. The summed E-state index contributed by atoms with van der Waals surface area (Å²) in [5.74, 6) is 0.0167. The molecule has 10 heteroatoms. The van der Waals surface area contributed by atoms with Crippen molar-refractivity contribution in [2.75, 3.05) is 25.4 Å². The molecule has 2 aliphatic heterocycles. The molecule has 2 N–H and O–H groups in total. The normalized spacial score (nSPS) is 25.2. The number of piperidine rings is 1. The van der Waals surface area contributed by atoms with Crippen molar-refractivity contribution in [3.8, 4) is 0 Å². The van der Waals surface area contributed by atoms with Crippen molar-refractivity contribution in [1.29, 1.82) is 0 Å². The molecule has 1 aromatic rings. The van der Waals surface area contributed by atoms with Crippen LogP contribution in [0.1, 0.15) is 47.0 Å². The Labute approximate surface area is 168 Å². The fourth-order valence-corrected chi connectivity index (χ4v) is 5.08. The first kappa shape index (κ1) is 21.6. The third-order valence-electron chi connectivity index (χ3n) is 6.03. The van der Waals surface area contributed by atoms with Crippen molar-refractivity contribution in [2.24, 2.45) is 5.73 Å². The Morgan fingerprint density at radius 2 is 1.79 bits per heavy atom. The third kappa shape index (κ3) is 4.41. The van der Waals surface area contributed by atoms with E-state index in [1.807, 2.05) is 27.7 Å². The third-order valence-corrected chi connectivity index (χ3v) is 7.62. The van der Waals surface area contributed by atoms with Crippen LogP contribution in [0.15, 0.2) is 17.6 Å². The number of rotatable bonds is 6. The maximum absolute atomic E-state index is 12.8. The molecule has 0 bridgehead atoms. The van der Waals surface area contributed by atoms with E-state index in [-0.39, 0.29) is 17.0 Å². The zero-order chi connectivity index (χ0) is 20.6. The second-order valence-corrected chi connectivity index (χ2v) is 10.6. The van der Waals surface area contributed by atoms with Gasteiger partial charge in [-0.15, -0.1) is 0 Å². The van der Waals surface area contributed by atoms with Gasteiger partial charge in [0.2, 0.25) is 15.0 Å². The van der Waals surface area contributed by atoms with Crippen LogP contribution in [-0.4, -0.2) is 73.0 Å². The summed E-state index contributed by atoms with van der Waals surface area (Å²) in [5, 5.41) is -0.147. The van der Waals surface area contributed by atoms with Crippen LogP contribution in [0.5, 0.6) is 0 Å². The fraction of sp³-hybridized carbons (Fsp3) is 0.778. The summed E-state index contributed by atoms with van der Waals surface area (Å²) in [5.41, 5.74) is 5.33. The number of aromatic nitrogens is 2. The van der Waals surface area contributed by atoms with Gasteiger partial charge in [0.25, 0.3) is 0 Å². The first-order chi connectivity index (χ1) is 13.1. The van der Waals surface area contributed by atoms with Crippen LogP contribution >= 0.6 is 0 Å². The lowest BCUT2D eigenvalue weighted by molar-refractivity contribution is 0.00578. The minimum absolute atomic E-state index is 0.0167. The molecule has 2 aliphatic rings. The molecule has 0 unspecified atom stereocenters. The molecule has 0 saturated carbocycles. The van der Waals surface area contributed by atoms with Gasteiger partial charge in [0.05, 0.1) is 17.0 Å². The average molecular weight is 410 g/mol. The fourth-order valence-electron chi connectivity index (χ4n) is 3.62. The molecule has 0 spiro atoms. The van der Waals surface area contributed by atoms with E-state index in [0.29, 0.717) is 18.6 Å². The van der Waals surface area contributed by atoms with Crippen LogP contribution in [0.2, 0.25) is 0 Å². The smallest absolute Gasteiger partial charge is 0.399 e. The summed E-state index contributed by atoms with van der Waals surface area (Å²) in [6.07, 6.45) is 5.94. The van der Waals surface area contributed by atoms with Crippen molar-refractivity contribution in [3.63, 3.8) is 0 Å². The standard InChI is InChI=1S/C18H31BN4O4S/c1-17(2)18(3,4)27-19(26-17)14-11-21-16(22-12-14)28(24,25)13-15-7-5-6-9-23(15)10-8-20/h11-12,15H,5-10,13,20H2,1-4H3/t15-/m1/s1. The van der Waals surface area contributed by atoms with Crippen LogP contribution in [-0.2, 0) is 19.1 Å². The summed E-state index contributed by atoms with van der Waals surface area (Å²) in [6.45, 7) is 9.97. The van der Waals surface area contributed by atoms with Gasteiger partial charge in [-0.25, -0.2) is 18.4 Å². The minimum atomic E-state index is -3.58. The Morgan fingerprint density at radius 1 is 1.18 bits per heavy atom. The molecule has 2 fully saturated rings. The molecule has 3 rings (SSSR count). The van der Waals surface area contributed by atoms with E-state index in [1.165, 1.54) is 12.4 Å². The van der Waals surface area contributed by atoms with Crippen LogP contribution < -0.4 is 11.2 Å². The van der Waals surface area contributed by atoms with E-state index in [2.05, 4.69) is 14.9 Å². The van der Waals surface area contributed by atoms with Gasteiger partial charge >= 0.3 is 7.12 Å². The van der Waals surface area contributed by atoms with Gasteiger partial charge in [0.1, 0.15) is 0 Å². The number of sulfone groups is 1. The first-order valence-corrected chi connectivity index (χ1v) is 11.6. The molecule has 8 nitrogen and oxygen atoms in total. The predicted molar refractivity (Wildman–Crippen MR) is 108 cm³/mol. The lowest BCUT2D eigenvalue weighted by Gasteiger charge is -2.35. The molecular weight excluding hydrogens is 379 g/mol. The largest absolute Gasteiger partial charge is 0.498 e. The van der Waals surface area contributed by atoms with Gasteiger partial charge in [-0.1, -0.05) is 6.42 Å². The number of hydrogen-bond donors (Lipinski definition) is 1. The van der Waals surface area contributed by atoms with Gasteiger partial charge < -0.3 is 15.0 Å². The van der Waals surface area contributed by atoms with Crippen LogP contribution in [0.4, 0.5) is 0 Å². The molecule has 3 heterocycles. The maximum Gasteiger partial charge on any atom is 0.498 e. The molecule has 28 heavy (non-hydrogen) atoms. The Hall–Kier alpha value is -1.07. The Balaban J connectivity index is 1.72. The SMILES string of the molecule is CC1(C)OB(c2cnc(S(=O)(=O)C[C@H]3CCCCN3CCN)nc2)OC1(C)C. The summed E-state index contributed by atoms with van der Waals surface area (Å²) in [6, 6.07) is -0.0336. The number of nitrogens with two attached hydrogens (primary N) is 1. The van der Waals surface area contributed by atoms with Crippen molar-refractivity contribution >= 4 is 22.4 Å². The number of nitrogens with zero attached hydrogens (tertiary/aromatic N) is 3. The van der Waals surface area contributed by atoms with Crippen molar-refractivity contribution in [3.05, 3.63) is 12.4 Å². The Kier molecular flexibility index (Phi) is 6.17. The summed E-state index contributed by atoms with van der Waals surface area (Å²) < 4.78 is 37.6. The number of hydrogen-bond acceptors (Lipinski definition) is 8. The molecule has 1 atom stereocenters. The van der Waals surface area contributed by atoms with Gasteiger partial charge in [0, 0.05) is 37.0 Å². The van der Waals surface area contributed by atoms with E-state index < -0.39 is 28.2 Å². The molecule has 0 aliphatic carbocycles. The topological polar surface area (TPSA) is 108 Å². The van der Waals surface area contributed by atoms with E-state index >= 15 is 0 Å². The molecule has 2 saturated heterocycles. The van der Waals surface area contributed by atoms with E-state index in [0.717, 1.165) is 25.8 Å². The van der Waals surface area contributed by atoms with Gasteiger partial charge in [-0.2, -0.15) is 0 Å². The van der Waals surface area contributed by atoms with Gasteiger partial charge in [0.15, 0.2) is 0 Å². The summed E-state index contributed by atoms with van der Waals surface area (Å²) in [7, 11) is -4.19. The highest BCUT2D eigenvalue weighted by Gasteiger charge is 2.52. The molecule has 1 aromatic heterocycles.